The number of hydrogen-bond acceptors (Lipinski definition) is 2. The van der Waals surface area contributed by atoms with E-state index in [0.717, 1.165) is 22.4 Å². The summed E-state index contributed by atoms with van der Waals surface area (Å²) in [4.78, 5) is 12.5. The van der Waals surface area contributed by atoms with Gasteiger partial charge in [-0.15, -0.1) is 0 Å². The second-order valence-corrected chi connectivity index (χ2v) is 5.78. The number of carbonyl (C=O) groups excluding carboxylic acids is 1. The van der Waals surface area contributed by atoms with E-state index in [2.05, 4.69) is 25.2 Å². The molecular formula is C19H23NO2. The molecule has 0 spiro atoms. The van der Waals surface area contributed by atoms with Crippen molar-refractivity contribution >= 4 is 11.6 Å². The molecule has 2 rings (SSSR count). The molecule has 0 heterocycles. The first-order chi connectivity index (χ1) is 10.5. The molecule has 0 fully saturated rings. The van der Waals surface area contributed by atoms with Crippen LogP contribution in [-0.2, 0) is 11.3 Å². The van der Waals surface area contributed by atoms with Crippen molar-refractivity contribution in [3.05, 3.63) is 64.7 Å². The summed E-state index contributed by atoms with van der Waals surface area (Å²) in [5.74, 6) is 0.268. The maximum Gasteiger partial charge on any atom is 0.255 e. The Morgan fingerprint density at radius 1 is 1.18 bits per heavy atom. The van der Waals surface area contributed by atoms with Gasteiger partial charge < -0.3 is 10.1 Å². The van der Waals surface area contributed by atoms with Gasteiger partial charge in [-0.3, -0.25) is 4.79 Å². The highest BCUT2D eigenvalue weighted by atomic mass is 16.5. The number of hydrogen-bond donors (Lipinski definition) is 1. The van der Waals surface area contributed by atoms with Crippen LogP contribution in [0.2, 0.25) is 0 Å². The highest BCUT2D eigenvalue weighted by Gasteiger charge is 2.13. The summed E-state index contributed by atoms with van der Waals surface area (Å²) >= 11 is 0. The second kappa shape index (κ2) is 7.23. The van der Waals surface area contributed by atoms with E-state index in [1.54, 1.807) is 7.11 Å². The van der Waals surface area contributed by atoms with E-state index in [1.807, 2.05) is 43.3 Å². The lowest BCUT2D eigenvalue weighted by atomic mass is 9.98. The van der Waals surface area contributed by atoms with Crippen LogP contribution in [0.4, 0.5) is 5.69 Å². The zero-order valence-electron chi connectivity index (χ0n) is 13.6. The van der Waals surface area contributed by atoms with Gasteiger partial charge in [0.25, 0.3) is 5.91 Å². The fraction of sp³-hybridized carbons (Fsp3) is 0.316. The van der Waals surface area contributed by atoms with Crippen LogP contribution in [0.15, 0.2) is 42.5 Å². The molecule has 0 atom stereocenters. The fourth-order valence-electron chi connectivity index (χ4n) is 2.50. The van der Waals surface area contributed by atoms with E-state index < -0.39 is 0 Å². The Morgan fingerprint density at radius 3 is 2.59 bits per heavy atom. The summed E-state index contributed by atoms with van der Waals surface area (Å²) in [6.45, 7) is 6.78. The van der Waals surface area contributed by atoms with Crippen LogP contribution in [-0.4, -0.2) is 13.0 Å². The Kier molecular flexibility index (Phi) is 5.34. The Balaban J connectivity index is 2.28. The number of nitrogens with one attached hydrogen (secondary N) is 1. The van der Waals surface area contributed by atoms with Gasteiger partial charge in [0.1, 0.15) is 0 Å². The first kappa shape index (κ1) is 16.2. The van der Waals surface area contributed by atoms with Crippen molar-refractivity contribution in [2.75, 3.05) is 12.4 Å². The number of anilines is 1. The molecule has 2 aromatic carbocycles. The molecule has 3 heteroatoms. The average molecular weight is 297 g/mol. The maximum atomic E-state index is 12.5. The molecule has 22 heavy (non-hydrogen) atoms. The van der Waals surface area contributed by atoms with Gasteiger partial charge in [0.15, 0.2) is 0 Å². The van der Waals surface area contributed by atoms with E-state index in [1.165, 1.54) is 0 Å². The number of rotatable bonds is 5. The third-order valence-corrected chi connectivity index (χ3v) is 3.67. The molecule has 0 unspecified atom stereocenters. The minimum atomic E-state index is -0.0887. The second-order valence-electron chi connectivity index (χ2n) is 5.78. The van der Waals surface area contributed by atoms with E-state index in [0.29, 0.717) is 18.1 Å². The molecular weight excluding hydrogens is 274 g/mol. The highest BCUT2D eigenvalue weighted by Crippen LogP contribution is 2.27. The number of amides is 1. The van der Waals surface area contributed by atoms with Crippen molar-refractivity contribution in [2.24, 2.45) is 0 Å². The van der Waals surface area contributed by atoms with Crippen molar-refractivity contribution in [1.82, 2.24) is 0 Å². The van der Waals surface area contributed by atoms with Crippen LogP contribution in [0.5, 0.6) is 0 Å². The maximum absolute atomic E-state index is 12.5. The standard InChI is InChI=1S/C19H23NO2/c1-13(2)17-10-5-7-14(3)18(17)20-19(21)16-9-6-8-15(11-16)12-22-4/h5-11,13H,12H2,1-4H3,(H,20,21). The van der Waals surface area contributed by atoms with E-state index >= 15 is 0 Å². The smallest absolute Gasteiger partial charge is 0.255 e. The quantitative estimate of drug-likeness (QED) is 0.881. The number of ether oxygens (including phenoxy) is 1. The monoisotopic (exact) mass is 297 g/mol. The normalized spacial score (nSPS) is 10.8. The first-order valence-corrected chi connectivity index (χ1v) is 7.51. The SMILES string of the molecule is COCc1cccc(C(=O)Nc2c(C)cccc2C(C)C)c1. The summed E-state index contributed by atoms with van der Waals surface area (Å²) in [5.41, 5.74) is 4.78. The molecule has 0 aliphatic carbocycles. The third-order valence-electron chi connectivity index (χ3n) is 3.67. The molecule has 1 amide bonds. The zero-order valence-corrected chi connectivity index (χ0v) is 13.6. The number of methoxy groups -OCH3 is 1. The fourth-order valence-corrected chi connectivity index (χ4v) is 2.50. The molecule has 116 valence electrons. The Morgan fingerprint density at radius 2 is 1.91 bits per heavy atom. The van der Waals surface area contributed by atoms with E-state index in [4.69, 9.17) is 4.74 Å². The Hall–Kier alpha value is -2.13. The molecule has 0 aliphatic heterocycles. The van der Waals surface area contributed by atoms with Gasteiger partial charge in [0.05, 0.1) is 6.61 Å². The molecule has 1 N–H and O–H groups in total. The molecule has 0 saturated carbocycles. The lowest BCUT2D eigenvalue weighted by molar-refractivity contribution is 0.102. The van der Waals surface area contributed by atoms with Gasteiger partial charge in [-0.25, -0.2) is 0 Å². The predicted octanol–water partition coefficient (Wildman–Crippen LogP) is 4.52. The van der Waals surface area contributed by atoms with Crippen molar-refractivity contribution < 1.29 is 9.53 Å². The molecule has 0 aliphatic rings. The van der Waals surface area contributed by atoms with E-state index in [9.17, 15) is 4.79 Å². The number of carbonyl (C=O) groups is 1. The Bertz CT molecular complexity index is 662. The summed E-state index contributed by atoms with van der Waals surface area (Å²) in [7, 11) is 1.65. The van der Waals surface area contributed by atoms with Gasteiger partial charge in [-0.1, -0.05) is 44.2 Å². The van der Waals surface area contributed by atoms with E-state index in [-0.39, 0.29) is 5.91 Å². The zero-order chi connectivity index (χ0) is 16.1. The number of aryl methyl sites for hydroxylation is 1. The average Bonchev–Trinajstić information content (AvgIpc) is 2.49. The molecule has 3 nitrogen and oxygen atoms in total. The molecule has 0 bridgehead atoms. The summed E-state index contributed by atoms with van der Waals surface area (Å²) in [5, 5.41) is 3.07. The third kappa shape index (κ3) is 3.74. The lowest BCUT2D eigenvalue weighted by Crippen LogP contribution is -2.15. The molecule has 2 aromatic rings. The van der Waals surface area contributed by atoms with Crippen molar-refractivity contribution in [3.63, 3.8) is 0 Å². The van der Waals surface area contributed by atoms with Crippen LogP contribution in [0.3, 0.4) is 0 Å². The van der Waals surface area contributed by atoms with Crippen LogP contribution in [0.25, 0.3) is 0 Å². The van der Waals surface area contributed by atoms with Crippen molar-refractivity contribution in [1.29, 1.82) is 0 Å². The highest BCUT2D eigenvalue weighted by molar-refractivity contribution is 6.05. The van der Waals surface area contributed by atoms with Crippen LogP contribution in [0, 0.1) is 6.92 Å². The van der Waals surface area contributed by atoms with Crippen molar-refractivity contribution in [2.45, 2.75) is 33.3 Å². The summed E-state index contributed by atoms with van der Waals surface area (Å²) in [6, 6.07) is 13.6. The van der Waals surface area contributed by atoms with Crippen LogP contribution in [0.1, 0.15) is 46.8 Å². The van der Waals surface area contributed by atoms with Gasteiger partial charge in [-0.2, -0.15) is 0 Å². The molecule has 0 aromatic heterocycles. The lowest BCUT2D eigenvalue weighted by Gasteiger charge is -2.16. The van der Waals surface area contributed by atoms with Gasteiger partial charge in [0.2, 0.25) is 0 Å². The minimum Gasteiger partial charge on any atom is -0.380 e. The van der Waals surface area contributed by atoms with Gasteiger partial charge in [-0.05, 0) is 41.7 Å². The molecule has 0 saturated heterocycles. The largest absolute Gasteiger partial charge is 0.380 e. The van der Waals surface area contributed by atoms with Crippen LogP contribution >= 0.6 is 0 Å². The summed E-state index contributed by atoms with van der Waals surface area (Å²) in [6.07, 6.45) is 0. The number of benzene rings is 2. The van der Waals surface area contributed by atoms with Gasteiger partial charge in [0, 0.05) is 18.4 Å². The summed E-state index contributed by atoms with van der Waals surface area (Å²) < 4.78 is 5.12. The Labute approximate surface area is 132 Å². The number of para-hydroxylation sites is 1. The predicted molar refractivity (Wildman–Crippen MR) is 90.4 cm³/mol. The van der Waals surface area contributed by atoms with Gasteiger partial charge >= 0.3 is 0 Å². The molecule has 0 radical (unpaired) electrons. The topological polar surface area (TPSA) is 38.3 Å². The van der Waals surface area contributed by atoms with Crippen molar-refractivity contribution in [3.8, 4) is 0 Å². The minimum absolute atomic E-state index is 0.0887. The van der Waals surface area contributed by atoms with Crippen LogP contribution < -0.4 is 5.32 Å². The first-order valence-electron chi connectivity index (χ1n) is 7.51.